The van der Waals surface area contributed by atoms with Crippen molar-refractivity contribution in [3.63, 3.8) is 0 Å². The number of hydrogen-bond donors (Lipinski definition) is 3. The number of ether oxygens (including phenoxy) is 4. The maximum atomic E-state index is 15.0. The van der Waals surface area contributed by atoms with Crippen LogP contribution in [0.4, 0.5) is 0 Å². The molecule has 0 aromatic heterocycles. The van der Waals surface area contributed by atoms with Crippen molar-refractivity contribution >= 4 is 23.7 Å². The van der Waals surface area contributed by atoms with Crippen molar-refractivity contribution in [2.45, 2.75) is 108 Å². The van der Waals surface area contributed by atoms with Crippen LogP contribution in [-0.2, 0) is 33.3 Å². The zero-order valence-electron chi connectivity index (χ0n) is 27.0. The number of aliphatic hydroxyl groups excluding tert-OH is 2. The summed E-state index contributed by atoms with van der Waals surface area (Å²) in [6.07, 6.45) is -4.65. The maximum absolute atomic E-state index is 15.0. The summed E-state index contributed by atoms with van der Waals surface area (Å²) in [5.74, 6) is -4.33. The van der Waals surface area contributed by atoms with Crippen LogP contribution in [0.5, 0.6) is 0 Å². The van der Waals surface area contributed by atoms with Crippen LogP contribution in [-0.4, -0.2) is 87.3 Å². The highest BCUT2D eigenvalue weighted by Crippen LogP contribution is 2.64. The minimum absolute atomic E-state index is 0.0194. The van der Waals surface area contributed by atoms with Crippen LogP contribution in [0.15, 0.2) is 54.1 Å². The van der Waals surface area contributed by atoms with Crippen molar-refractivity contribution in [2.24, 2.45) is 16.7 Å². The molecule has 4 aliphatic rings. The Morgan fingerprint density at radius 1 is 1.11 bits per heavy atom. The highest BCUT2D eigenvalue weighted by atomic mass is 16.6. The fraction of sp³-hybridized carbons (Fsp3) is 0.600. The van der Waals surface area contributed by atoms with E-state index in [2.05, 4.69) is 6.58 Å². The third-order valence-corrected chi connectivity index (χ3v) is 11.0. The third-order valence-electron chi connectivity index (χ3n) is 11.0. The molecule has 0 amide bonds. The van der Waals surface area contributed by atoms with Crippen molar-refractivity contribution in [1.82, 2.24) is 0 Å². The Bertz CT molecular complexity index is 1450. The predicted molar refractivity (Wildman–Crippen MR) is 163 cm³/mol. The second-order valence-corrected chi connectivity index (χ2v) is 13.8. The van der Waals surface area contributed by atoms with E-state index in [0.29, 0.717) is 18.4 Å². The number of hydrogen-bond acceptors (Lipinski definition) is 11. The van der Waals surface area contributed by atoms with Gasteiger partial charge in [0.1, 0.15) is 17.8 Å². The van der Waals surface area contributed by atoms with Gasteiger partial charge in [-0.1, -0.05) is 38.1 Å². The molecule has 0 unspecified atom stereocenters. The van der Waals surface area contributed by atoms with Gasteiger partial charge in [0, 0.05) is 31.6 Å². The number of ketones is 1. The molecule has 1 aliphatic heterocycles. The second-order valence-electron chi connectivity index (χ2n) is 13.8. The number of Topliss-reactive ketones (excluding diaryl/α,β-unsaturated/α-hetero) is 1. The minimum atomic E-state index is -2.13. The molecule has 11 heteroatoms. The summed E-state index contributed by atoms with van der Waals surface area (Å²) in [5, 5.41) is 36.2. The SMILES string of the molecule is C=CCCCC(=O)O[C@@]12CO[C@@H]1C[C@H](O)[C@@]1(C)C(=O)[C@H](OC(C)=O)C3=C(C)[C@@H](O)C[C@@](O)([C@@H](OC(=O)c4ccccc4)[C@H]21)C3(C)C. The first-order chi connectivity index (χ1) is 21.6. The van der Waals surface area contributed by atoms with Crippen molar-refractivity contribution in [2.75, 3.05) is 6.61 Å². The summed E-state index contributed by atoms with van der Waals surface area (Å²) < 4.78 is 24.1. The monoisotopic (exact) mass is 640 g/mol. The first-order valence-electron chi connectivity index (χ1n) is 15.8. The normalized spacial score (nSPS) is 37.8. The number of benzene rings is 1. The maximum Gasteiger partial charge on any atom is 0.338 e. The van der Waals surface area contributed by atoms with Crippen LogP contribution in [0.2, 0.25) is 0 Å². The van der Waals surface area contributed by atoms with E-state index in [9.17, 15) is 34.5 Å². The molecule has 3 aliphatic carbocycles. The molecule has 3 N–H and O–H groups in total. The van der Waals surface area contributed by atoms with Crippen LogP contribution in [0.25, 0.3) is 0 Å². The van der Waals surface area contributed by atoms with Gasteiger partial charge in [-0.25, -0.2) is 4.79 Å². The Hall–Kier alpha value is -3.38. The number of carbonyl (C=O) groups is 4. The Morgan fingerprint density at radius 3 is 2.37 bits per heavy atom. The van der Waals surface area contributed by atoms with Crippen LogP contribution in [0, 0.1) is 16.7 Å². The van der Waals surface area contributed by atoms with Gasteiger partial charge in [0.2, 0.25) is 0 Å². The van der Waals surface area contributed by atoms with E-state index in [4.69, 9.17) is 18.9 Å². The molecule has 1 heterocycles. The van der Waals surface area contributed by atoms with Crippen molar-refractivity contribution < 1.29 is 53.4 Å². The molecule has 1 aromatic carbocycles. The Balaban J connectivity index is 1.79. The standard InChI is InChI=1S/C35H44O11/c1-7-8-10-15-25(39)46-34-18-43-24(34)16-23(38)33(6)28(34)30(45-31(41)21-13-11-9-12-14-21)35(42)17-22(37)19(2)26(32(35,4)5)27(29(33)40)44-20(3)36/h7,9,11-14,22-24,27-28,30,37-38,42H,1,8,10,15-18H2,2-6H3/t22-,23-,24+,27+,28-,30-,33+,34-,35+/m0/s1. The third kappa shape index (κ3) is 5.03. The zero-order valence-corrected chi connectivity index (χ0v) is 27.0. The molecule has 5 rings (SSSR count). The smallest absolute Gasteiger partial charge is 0.338 e. The largest absolute Gasteiger partial charge is 0.455 e. The zero-order chi connectivity index (χ0) is 33.8. The molecule has 46 heavy (non-hydrogen) atoms. The van der Waals surface area contributed by atoms with E-state index < -0.39 is 82.2 Å². The molecule has 1 saturated heterocycles. The van der Waals surface area contributed by atoms with Crippen molar-refractivity contribution in [3.8, 4) is 0 Å². The summed E-state index contributed by atoms with van der Waals surface area (Å²) in [6, 6.07) is 8.08. The summed E-state index contributed by atoms with van der Waals surface area (Å²) in [6.45, 7) is 11.0. The highest BCUT2D eigenvalue weighted by Gasteiger charge is 2.78. The van der Waals surface area contributed by atoms with Gasteiger partial charge >= 0.3 is 17.9 Å². The minimum Gasteiger partial charge on any atom is -0.455 e. The van der Waals surface area contributed by atoms with E-state index >= 15 is 0 Å². The number of aliphatic hydroxyl groups is 3. The number of rotatable bonds is 8. The van der Waals surface area contributed by atoms with Crippen LogP contribution in [0.1, 0.15) is 77.1 Å². The van der Waals surface area contributed by atoms with E-state index in [1.807, 2.05) is 0 Å². The molecule has 3 fully saturated rings. The molecular weight excluding hydrogens is 596 g/mol. The molecule has 1 aromatic rings. The summed E-state index contributed by atoms with van der Waals surface area (Å²) in [7, 11) is 0. The van der Waals surface area contributed by atoms with Gasteiger partial charge in [0.05, 0.1) is 35.7 Å². The number of fused-ring (bicyclic) bond motifs is 5. The quantitative estimate of drug-likeness (QED) is 0.166. The van der Waals surface area contributed by atoms with E-state index in [1.165, 1.54) is 19.1 Å². The summed E-state index contributed by atoms with van der Waals surface area (Å²) >= 11 is 0. The second kappa shape index (κ2) is 12.0. The topological polar surface area (TPSA) is 166 Å². The number of unbranched alkanes of at least 4 members (excludes halogenated alkanes) is 1. The summed E-state index contributed by atoms with van der Waals surface area (Å²) in [4.78, 5) is 54.8. The fourth-order valence-corrected chi connectivity index (χ4v) is 8.29. The molecule has 0 spiro atoms. The van der Waals surface area contributed by atoms with Gasteiger partial charge in [-0.15, -0.1) is 6.58 Å². The molecule has 0 radical (unpaired) electrons. The summed E-state index contributed by atoms with van der Waals surface area (Å²) in [5.41, 5.74) is -6.47. The Morgan fingerprint density at radius 2 is 1.78 bits per heavy atom. The molecule has 9 atom stereocenters. The van der Waals surface area contributed by atoms with Crippen LogP contribution in [0.3, 0.4) is 0 Å². The number of carbonyl (C=O) groups excluding carboxylic acids is 4. The van der Waals surface area contributed by atoms with E-state index in [0.717, 1.165) is 6.92 Å². The highest BCUT2D eigenvalue weighted by molar-refractivity contribution is 5.95. The lowest BCUT2D eigenvalue weighted by atomic mass is 9.44. The first kappa shape index (κ1) is 34.0. The Labute approximate surface area is 268 Å². The van der Waals surface area contributed by atoms with Gasteiger partial charge in [-0.3, -0.25) is 14.4 Å². The Kier molecular flexibility index (Phi) is 8.87. The van der Waals surface area contributed by atoms with Gasteiger partial charge in [0.15, 0.2) is 17.5 Å². The predicted octanol–water partition coefficient (Wildman–Crippen LogP) is 2.99. The lowest BCUT2D eigenvalue weighted by Gasteiger charge is -2.67. The molecule has 11 nitrogen and oxygen atoms in total. The molecule has 2 bridgehead atoms. The van der Waals surface area contributed by atoms with E-state index in [-0.39, 0.29) is 37.0 Å². The molecule has 250 valence electrons. The fourth-order valence-electron chi connectivity index (χ4n) is 8.29. The molecule has 2 saturated carbocycles. The average molecular weight is 641 g/mol. The van der Waals surface area contributed by atoms with Crippen molar-refractivity contribution in [1.29, 1.82) is 0 Å². The molecular formula is C35H44O11. The lowest BCUT2D eigenvalue weighted by molar-refractivity contribution is -0.346. The average Bonchev–Trinajstić information content (AvgIpc) is 2.99. The first-order valence-corrected chi connectivity index (χ1v) is 15.8. The van der Waals surface area contributed by atoms with Crippen LogP contribution >= 0.6 is 0 Å². The van der Waals surface area contributed by atoms with Gasteiger partial charge in [-0.05, 0) is 50.0 Å². The van der Waals surface area contributed by atoms with Crippen molar-refractivity contribution in [3.05, 3.63) is 59.7 Å². The van der Waals surface area contributed by atoms with Gasteiger partial charge < -0.3 is 34.3 Å². The van der Waals surface area contributed by atoms with Gasteiger partial charge in [0.25, 0.3) is 0 Å². The number of allylic oxidation sites excluding steroid dienone is 1. The van der Waals surface area contributed by atoms with Gasteiger partial charge in [-0.2, -0.15) is 0 Å². The van der Waals surface area contributed by atoms with Crippen LogP contribution < -0.4 is 0 Å². The number of esters is 3. The van der Waals surface area contributed by atoms with E-state index in [1.54, 1.807) is 45.0 Å². The lowest BCUT2D eigenvalue weighted by Crippen LogP contribution is -2.82.